The van der Waals surface area contributed by atoms with Crippen molar-refractivity contribution >= 4 is 5.91 Å². The van der Waals surface area contributed by atoms with Crippen molar-refractivity contribution in [1.82, 2.24) is 10.6 Å². The fourth-order valence-electron chi connectivity index (χ4n) is 2.80. The van der Waals surface area contributed by atoms with E-state index in [0.717, 1.165) is 25.1 Å². The number of carbonyl (C=O) groups is 1. The predicted octanol–water partition coefficient (Wildman–Crippen LogP) is 2.19. The Balaban J connectivity index is 1.60. The summed E-state index contributed by atoms with van der Waals surface area (Å²) in [5.74, 6) is -0.00348. The summed E-state index contributed by atoms with van der Waals surface area (Å²) in [6, 6.07) is 8.16. The molecular formula is C17H27N3O. The van der Waals surface area contributed by atoms with Crippen molar-refractivity contribution in [3.63, 3.8) is 0 Å². The van der Waals surface area contributed by atoms with Crippen molar-refractivity contribution in [2.75, 3.05) is 13.1 Å². The zero-order valence-corrected chi connectivity index (χ0v) is 12.7. The predicted molar refractivity (Wildman–Crippen MR) is 86.2 cm³/mol. The van der Waals surface area contributed by atoms with Gasteiger partial charge in [-0.2, -0.15) is 0 Å². The van der Waals surface area contributed by atoms with Gasteiger partial charge in [-0.05, 0) is 43.5 Å². The molecule has 1 fully saturated rings. The molecule has 0 aliphatic heterocycles. The van der Waals surface area contributed by atoms with E-state index in [0.29, 0.717) is 18.2 Å². The summed E-state index contributed by atoms with van der Waals surface area (Å²) in [5.41, 5.74) is 7.29. The summed E-state index contributed by atoms with van der Waals surface area (Å²) in [4.78, 5) is 11.9. The van der Waals surface area contributed by atoms with Crippen LogP contribution in [0.3, 0.4) is 0 Å². The van der Waals surface area contributed by atoms with Gasteiger partial charge in [0.2, 0.25) is 0 Å². The van der Waals surface area contributed by atoms with Crippen molar-refractivity contribution in [2.45, 2.75) is 51.1 Å². The summed E-state index contributed by atoms with van der Waals surface area (Å²) in [5, 5.41) is 6.55. The number of carbonyl (C=O) groups excluding carboxylic acids is 1. The fraction of sp³-hybridized carbons (Fsp3) is 0.588. The molecule has 2 rings (SSSR count). The van der Waals surface area contributed by atoms with E-state index in [-0.39, 0.29) is 5.91 Å². The lowest BCUT2D eigenvalue weighted by atomic mass is 9.95. The van der Waals surface area contributed by atoms with Crippen LogP contribution in [0.2, 0.25) is 0 Å². The van der Waals surface area contributed by atoms with Crippen LogP contribution in [0.5, 0.6) is 0 Å². The number of rotatable bonds is 7. The van der Waals surface area contributed by atoms with Crippen LogP contribution in [0.1, 0.15) is 54.4 Å². The van der Waals surface area contributed by atoms with E-state index in [1.807, 2.05) is 24.3 Å². The Morgan fingerprint density at radius 2 is 1.81 bits per heavy atom. The van der Waals surface area contributed by atoms with Gasteiger partial charge in [-0.3, -0.25) is 4.79 Å². The zero-order valence-electron chi connectivity index (χ0n) is 12.7. The molecule has 1 saturated carbocycles. The first-order valence-electron chi connectivity index (χ1n) is 8.10. The summed E-state index contributed by atoms with van der Waals surface area (Å²) in [6.45, 7) is 2.21. The third kappa shape index (κ3) is 5.48. The molecule has 1 aliphatic rings. The molecule has 0 aromatic heterocycles. The van der Waals surface area contributed by atoms with Crippen LogP contribution in [0.25, 0.3) is 0 Å². The van der Waals surface area contributed by atoms with Crippen molar-refractivity contribution < 1.29 is 4.79 Å². The molecule has 1 amide bonds. The monoisotopic (exact) mass is 289 g/mol. The molecule has 0 saturated heterocycles. The van der Waals surface area contributed by atoms with Crippen LogP contribution in [0.4, 0.5) is 0 Å². The quantitative estimate of drug-likeness (QED) is 0.674. The molecular weight excluding hydrogens is 262 g/mol. The first-order chi connectivity index (χ1) is 10.3. The molecule has 0 spiro atoms. The molecule has 116 valence electrons. The van der Waals surface area contributed by atoms with Crippen LogP contribution >= 0.6 is 0 Å². The van der Waals surface area contributed by atoms with Gasteiger partial charge in [0.05, 0.1) is 0 Å². The van der Waals surface area contributed by atoms with E-state index in [2.05, 4.69) is 10.6 Å². The minimum atomic E-state index is -0.00348. The van der Waals surface area contributed by atoms with Crippen LogP contribution in [-0.2, 0) is 6.54 Å². The molecule has 0 unspecified atom stereocenters. The van der Waals surface area contributed by atoms with Gasteiger partial charge in [0, 0.05) is 24.7 Å². The number of benzene rings is 1. The average molecular weight is 289 g/mol. The van der Waals surface area contributed by atoms with E-state index in [9.17, 15) is 4.79 Å². The smallest absolute Gasteiger partial charge is 0.251 e. The van der Waals surface area contributed by atoms with E-state index in [4.69, 9.17) is 5.73 Å². The van der Waals surface area contributed by atoms with E-state index in [1.165, 1.54) is 32.1 Å². The second-order valence-corrected chi connectivity index (χ2v) is 5.80. The van der Waals surface area contributed by atoms with Gasteiger partial charge < -0.3 is 16.4 Å². The molecule has 1 aromatic rings. The minimum absolute atomic E-state index is 0.00348. The van der Waals surface area contributed by atoms with Gasteiger partial charge in [-0.1, -0.05) is 31.4 Å². The summed E-state index contributed by atoms with van der Waals surface area (Å²) >= 11 is 0. The molecule has 1 aliphatic carbocycles. The van der Waals surface area contributed by atoms with Crippen molar-refractivity contribution in [1.29, 1.82) is 0 Å². The first-order valence-corrected chi connectivity index (χ1v) is 8.10. The number of nitrogens with one attached hydrogen (secondary N) is 2. The maximum atomic E-state index is 11.9. The van der Waals surface area contributed by atoms with Crippen molar-refractivity contribution in [2.24, 2.45) is 5.73 Å². The Kier molecular flexibility index (Phi) is 6.70. The van der Waals surface area contributed by atoms with Crippen molar-refractivity contribution in [3.8, 4) is 0 Å². The molecule has 4 nitrogen and oxygen atoms in total. The SMILES string of the molecule is NCc1ccc(C(=O)NCCCNC2CCCCC2)cc1. The third-order valence-corrected chi connectivity index (χ3v) is 4.13. The lowest BCUT2D eigenvalue weighted by Gasteiger charge is -2.22. The topological polar surface area (TPSA) is 67.2 Å². The van der Waals surface area contributed by atoms with Gasteiger partial charge in [-0.15, -0.1) is 0 Å². The minimum Gasteiger partial charge on any atom is -0.352 e. The maximum Gasteiger partial charge on any atom is 0.251 e. The molecule has 4 N–H and O–H groups in total. The van der Waals surface area contributed by atoms with E-state index in [1.54, 1.807) is 0 Å². The number of amides is 1. The van der Waals surface area contributed by atoms with Gasteiger partial charge in [0.1, 0.15) is 0 Å². The molecule has 4 heteroatoms. The van der Waals surface area contributed by atoms with Gasteiger partial charge in [-0.25, -0.2) is 0 Å². The van der Waals surface area contributed by atoms with E-state index < -0.39 is 0 Å². The fourth-order valence-corrected chi connectivity index (χ4v) is 2.80. The highest BCUT2D eigenvalue weighted by molar-refractivity contribution is 5.94. The summed E-state index contributed by atoms with van der Waals surface area (Å²) in [7, 11) is 0. The molecule has 0 atom stereocenters. The largest absolute Gasteiger partial charge is 0.352 e. The summed E-state index contributed by atoms with van der Waals surface area (Å²) in [6.07, 6.45) is 7.68. The van der Waals surface area contributed by atoms with Crippen LogP contribution < -0.4 is 16.4 Å². The number of hydrogen-bond donors (Lipinski definition) is 3. The van der Waals surface area contributed by atoms with Gasteiger partial charge in [0.25, 0.3) is 5.91 Å². The normalized spacial score (nSPS) is 15.9. The number of hydrogen-bond acceptors (Lipinski definition) is 3. The molecule has 1 aromatic carbocycles. The second-order valence-electron chi connectivity index (χ2n) is 5.80. The highest BCUT2D eigenvalue weighted by atomic mass is 16.1. The van der Waals surface area contributed by atoms with Gasteiger partial charge >= 0.3 is 0 Å². The van der Waals surface area contributed by atoms with Crippen LogP contribution in [0.15, 0.2) is 24.3 Å². The van der Waals surface area contributed by atoms with E-state index >= 15 is 0 Å². The maximum absolute atomic E-state index is 11.9. The Morgan fingerprint density at radius 3 is 2.48 bits per heavy atom. The third-order valence-electron chi connectivity index (χ3n) is 4.13. The van der Waals surface area contributed by atoms with Crippen LogP contribution in [-0.4, -0.2) is 25.0 Å². The number of nitrogens with two attached hydrogens (primary N) is 1. The van der Waals surface area contributed by atoms with Crippen LogP contribution in [0, 0.1) is 0 Å². The molecule has 21 heavy (non-hydrogen) atoms. The molecule has 0 bridgehead atoms. The average Bonchev–Trinajstić information content (AvgIpc) is 2.55. The highest BCUT2D eigenvalue weighted by Gasteiger charge is 2.11. The lowest BCUT2D eigenvalue weighted by molar-refractivity contribution is 0.0953. The Hall–Kier alpha value is -1.39. The lowest BCUT2D eigenvalue weighted by Crippen LogP contribution is -2.34. The summed E-state index contributed by atoms with van der Waals surface area (Å²) < 4.78 is 0. The zero-order chi connectivity index (χ0) is 14.9. The first kappa shape index (κ1) is 16.0. The van der Waals surface area contributed by atoms with Gasteiger partial charge in [0.15, 0.2) is 0 Å². The molecule has 0 radical (unpaired) electrons. The molecule has 0 heterocycles. The Labute approximate surface area is 127 Å². The Morgan fingerprint density at radius 1 is 1.10 bits per heavy atom. The standard InChI is InChI=1S/C17H27N3O/c18-13-14-7-9-15(10-8-14)17(21)20-12-4-11-19-16-5-2-1-3-6-16/h7-10,16,19H,1-6,11-13,18H2,(H,20,21). The Bertz CT molecular complexity index is 424. The van der Waals surface area contributed by atoms with Crippen molar-refractivity contribution in [3.05, 3.63) is 35.4 Å². The highest BCUT2D eigenvalue weighted by Crippen LogP contribution is 2.17. The second kappa shape index (κ2) is 8.80.